The number of benzene rings is 3. The van der Waals surface area contributed by atoms with Crippen LogP contribution in [0.3, 0.4) is 0 Å². The number of hydrogen-bond acceptors (Lipinski definition) is 6. The minimum Gasteiger partial charge on any atom is -0.507 e. The Morgan fingerprint density at radius 1 is 0.952 bits per heavy atom. The number of aliphatic hydroxyl groups excluding tert-OH is 1. The number of Topliss-reactive ketones (excluding diaryl/α,β-unsaturated/α-hetero) is 1. The molecule has 7 nitrogen and oxygen atoms in total. The highest BCUT2D eigenvalue weighted by atomic mass is 16.5. The lowest BCUT2D eigenvalue weighted by Gasteiger charge is -2.31. The number of aryl methyl sites for hydroxylation is 1. The van der Waals surface area contributed by atoms with Gasteiger partial charge in [-0.1, -0.05) is 75.4 Å². The van der Waals surface area contributed by atoms with E-state index in [0.29, 0.717) is 44.2 Å². The number of likely N-dealkylation sites (tertiary alicyclic amines) is 1. The lowest BCUT2D eigenvalue weighted by molar-refractivity contribution is -0.140. The first-order chi connectivity index (χ1) is 20.1. The second kappa shape index (κ2) is 12.5. The monoisotopic (exact) mass is 568 g/mol. The highest BCUT2D eigenvalue weighted by Crippen LogP contribution is 2.40. The first kappa shape index (κ1) is 29.5. The van der Waals surface area contributed by atoms with Crippen LogP contribution < -0.4 is 4.74 Å². The summed E-state index contributed by atoms with van der Waals surface area (Å²) in [6.07, 6.45) is 0. The first-order valence-electron chi connectivity index (χ1n) is 14.6. The van der Waals surface area contributed by atoms with E-state index in [0.717, 1.165) is 35.3 Å². The fourth-order valence-electron chi connectivity index (χ4n) is 5.57. The third kappa shape index (κ3) is 6.42. The minimum absolute atomic E-state index is 0.0435. The fraction of sp³-hybridized carbons (Fsp3) is 0.371. The van der Waals surface area contributed by atoms with Crippen LogP contribution in [0.5, 0.6) is 5.75 Å². The van der Waals surface area contributed by atoms with Crippen molar-refractivity contribution in [2.75, 3.05) is 39.4 Å². The molecule has 0 bridgehead atoms. The zero-order valence-electron chi connectivity index (χ0n) is 24.9. The number of rotatable bonds is 8. The van der Waals surface area contributed by atoms with Crippen molar-refractivity contribution in [3.05, 3.63) is 106 Å². The summed E-state index contributed by atoms with van der Waals surface area (Å²) in [5.41, 5.74) is 4.33. The topological polar surface area (TPSA) is 79.3 Å². The van der Waals surface area contributed by atoms with Gasteiger partial charge < -0.3 is 19.5 Å². The predicted octanol–water partition coefficient (Wildman–Crippen LogP) is 5.63. The van der Waals surface area contributed by atoms with E-state index < -0.39 is 17.7 Å². The van der Waals surface area contributed by atoms with Crippen LogP contribution in [0.4, 0.5) is 0 Å². The van der Waals surface area contributed by atoms with E-state index in [4.69, 9.17) is 9.47 Å². The fourth-order valence-corrected chi connectivity index (χ4v) is 5.57. The lowest BCUT2D eigenvalue weighted by Crippen LogP contribution is -2.42. The number of morpholine rings is 1. The molecule has 1 N–H and O–H groups in total. The molecule has 220 valence electrons. The van der Waals surface area contributed by atoms with Crippen LogP contribution in [0.1, 0.15) is 54.6 Å². The van der Waals surface area contributed by atoms with Crippen LogP contribution in [0, 0.1) is 6.92 Å². The van der Waals surface area contributed by atoms with E-state index in [9.17, 15) is 14.7 Å². The van der Waals surface area contributed by atoms with Gasteiger partial charge in [-0.05, 0) is 52.8 Å². The summed E-state index contributed by atoms with van der Waals surface area (Å²) in [7, 11) is 0. The summed E-state index contributed by atoms with van der Waals surface area (Å²) in [6.45, 7) is 12.6. The summed E-state index contributed by atoms with van der Waals surface area (Å²) in [5, 5.41) is 11.7. The molecule has 1 amide bonds. The number of carbonyl (C=O) groups excluding carboxylic acids is 2. The zero-order chi connectivity index (χ0) is 29.9. The number of ether oxygens (including phenoxy) is 2. The molecule has 0 aromatic heterocycles. The third-order valence-electron chi connectivity index (χ3n) is 8.09. The standard InChI is InChI=1S/C35H40N2O5/c1-24-22-28(42-23-25-8-6-5-7-9-25)14-15-29(24)32(38)30-31(26-10-12-27(13-11-26)35(2,3)4)37(34(40)33(30)39)17-16-36-18-20-41-21-19-36/h5-15,22,31,38H,16-21,23H2,1-4H3/t31-/m0/s1. The summed E-state index contributed by atoms with van der Waals surface area (Å²) in [5.74, 6) is -0.759. The average molecular weight is 569 g/mol. The van der Waals surface area contributed by atoms with Gasteiger partial charge in [0.1, 0.15) is 18.1 Å². The van der Waals surface area contributed by atoms with Gasteiger partial charge >= 0.3 is 0 Å². The van der Waals surface area contributed by atoms with E-state index in [2.05, 4.69) is 25.7 Å². The van der Waals surface area contributed by atoms with E-state index in [-0.39, 0.29) is 16.7 Å². The molecule has 5 rings (SSSR count). The molecule has 3 aromatic carbocycles. The van der Waals surface area contributed by atoms with Crippen LogP contribution >= 0.6 is 0 Å². The van der Waals surface area contributed by atoms with Crippen LogP contribution in [0.2, 0.25) is 0 Å². The van der Waals surface area contributed by atoms with E-state index >= 15 is 0 Å². The maximum absolute atomic E-state index is 13.6. The Balaban J connectivity index is 1.48. The van der Waals surface area contributed by atoms with Crippen molar-refractivity contribution in [3.8, 4) is 5.75 Å². The molecular weight excluding hydrogens is 528 g/mol. The van der Waals surface area contributed by atoms with Gasteiger partial charge in [-0.3, -0.25) is 14.5 Å². The van der Waals surface area contributed by atoms with Gasteiger partial charge in [-0.15, -0.1) is 0 Å². The smallest absolute Gasteiger partial charge is 0.295 e. The molecule has 1 atom stereocenters. The molecule has 2 aliphatic heterocycles. The van der Waals surface area contributed by atoms with Crippen molar-refractivity contribution in [1.29, 1.82) is 0 Å². The van der Waals surface area contributed by atoms with E-state index in [1.165, 1.54) is 0 Å². The van der Waals surface area contributed by atoms with Crippen molar-refractivity contribution >= 4 is 17.4 Å². The van der Waals surface area contributed by atoms with Crippen LogP contribution in [-0.4, -0.2) is 66.0 Å². The van der Waals surface area contributed by atoms with E-state index in [1.54, 1.807) is 17.0 Å². The lowest BCUT2D eigenvalue weighted by atomic mass is 9.85. The quantitative estimate of drug-likeness (QED) is 0.216. The molecule has 0 aliphatic carbocycles. The maximum Gasteiger partial charge on any atom is 0.295 e. The van der Waals surface area contributed by atoms with Crippen LogP contribution in [-0.2, 0) is 26.3 Å². The number of amides is 1. The molecule has 0 unspecified atom stereocenters. The Morgan fingerprint density at radius 3 is 2.29 bits per heavy atom. The third-order valence-corrected chi connectivity index (χ3v) is 8.09. The molecule has 0 saturated carbocycles. The number of nitrogens with zero attached hydrogens (tertiary/aromatic N) is 2. The largest absolute Gasteiger partial charge is 0.507 e. The van der Waals surface area contributed by atoms with Gasteiger partial charge in [0.25, 0.3) is 11.7 Å². The first-order valence-corrected chi connectivity index (χ1v) is 14.6. The minimum atomic E-state index is -0.687. The van der Waals surface area contributed by atoms with Crippen LogP contribution in [0.15, 0.2) is 78.4 Å². The summed E-state index contributed by atoms with van der Waals surface area (Å²) >= 11 is 0. The Hall–Kier alpha value is -3.94. The second-order valence-corrected chi connectivity index (χ2v) is 12.1. The number of aliphatic hydroxyl groups is 1. The normalized spacial score (nSPS) is 19.3. The maximum atomic E-state index is 13.6. The molecular formula is C35H40N2O5. The molecule has 7 heteroatoms. The van der Waals surface area contributed by atoms with Crippen molar-refractivity contribution in [1.82, 2.24) is 9.80 Å². The number of carbonyl (C=O) groups is 2. The van der Waals surface area contributed by atoms with Crippen molar-refractivity contribution < 1.29 is 24.2 Å². The van der Waals surface area contributed by atoms with Gasteiger partial charge in [-0.25, -0.2) is 0 Å². The average Bonchev–Trinajstić information content (AvgIpc) is 3.24. The predicted molar refractivity (Wildman–Crippen MR) is 163 cm³/mol. The van der Waals surface area contributed by atoms with Gasteiger partial charge in [0.15, 0.2) is 0 Å². The van der Waals surface area contributed by atoms with Crippen molar-refractivity contribution in [3.63, 3.8) is 0 Å². The Bertz CT molecular complexity index is 1450. The second-order valence-electron chi connectivity index (χ2n) is 12.1. The highest BCUT2D eigenvalue weighted by molar-refractivity contribution is 6.46. The SMILES string of the molecule is Cc1cc(OCc2ccccc2)ccc1C(O)=C1C(=O)C(=O)N(CCN2CCOCC2)[C@H]1c1ccc(C(C)(C)C)cc1. The summed E-state index contributed by atoms with van der Waals surface area (Å²) < 4.78 is 11.4. The van der Waals surface area contributed by atoms with Gasteiger partial charge in [-0.2, -0.15) is 0 Å². The Kier molecular flexibility index (Phi) is 8.80. The zero-order valence-corrected chi connectivity index (χ0v) is 24.9. The Labute approximate surface area is 248 Å². The van der Waals surface area contributed by atoms with Crippen LogP contribution in [0.25, 0.3) is 5.76 Å². The molecule has 3 aromatic rings. The molecule has 2 aliphatic rings. The van der Waals surface area contributed by atoms with Gasteiger partial charge in [0.05, 0.1) is 24.8 Å². The Morgan fingerprint density at radius 2 is 1.64 bits per heavy atom. The van der Waals surface area contributed by atoms with Crippen molar-refractivity contribution in [2.24, 2.45) is 0 Å². The van der Waals surface area contributed by atoms with Gasteiger partial charge in [0, 0.05) is 31.7 Å². The summed E-state index contributed by atoms with van der Waals surface area (Å²) in [4.78, 5) is 30.9. The molecule has 2 fully saturated rings. The highest BCUT2D eigenvalue weighted by Gasteiger charge is 2.46. The number of ketones is 1. The molecule has 42 heavy (non-hydrogen) atoms. The number of hydrogen-bond donors (Lipinski definition) is 1. The van der Waals surface area contributed by atoms with Crippen molar-refractivity contribution in [2.45, 2.75) is 45.8 Å². The molecule has 2 saturated heterocycles. The summed E-state index contributed by atoms with van der Waals surface area (Å²) in [6, 6.07) is 22.6. The van der Waals surface area contributed by atoms with Gasteiger partial charge in [0.2, 0.25) is 0 Å². The molecule has 0 radical (unpaired) electrons. The van der Waals surface area contributed by atoms with E-state index in [1.807, 2.05) is 67.6 Å². The molecule has 2 heterocycles. The molecule has 0 spiro atoms.